The summed E-state index contributed by atoms with van der Waals surface area (Å²) in [6, 6.07) is 14.4. The van der Waals surface area contributed by atoms with E-state index in [0.29, 0.717) is 10.6 Å². The van der Waals surface area contributed by atoms with Gasteiger partial charge in [0.2, 0.25) is 0 Å². The number of nitrogens with zero attached hydrogens (tertiary/aromatic N) is 2. The summed E-state index contributed by atoms with van der Waals surface area (Å²) >= 11 is 5.84. The molecule has 0 atom stereocenters. The second kappa shape index (κ2) is 7.84. The molecule has 0 aliphatic heterocycles. The van der Waals surface area contributed by atoms with Gasteiger partial charge in [0.1, 0.15) is 0 Å². The molecule has 0 fully saturated rings. The smallest absolute Gasteiger partial charge is 0.259 e. The maximum Gasteiger partial charge on any atom is 0.259 e. The fourth-order valence-corrected chi connectivity index (χ4v) is 2.77. The van der Waals surface area contributed by atoms with E-state index in [2.05, 4.69) is 15.8 Å². The third kappa shape index (κ3) is 4.10. The molecule has 2 N–H and O–H groups in total. The minimum Gasteiger partial charge on any atom is -0.350 e. The number of halogens is 1. The third-order valence-corrected chi connectivity index (χ3v) is 4.05. The molecule has 3 rings (SSSR count). The maximum atomic E-state index is 12.0. The van der Waals surface area contributed by atoms with E-state index in [1.165, 1.54) is 6.07 Å². The molecule has 0 unspecified atom stereocenters. The van der Waals surface area contributed by atoms with Gasteiger partial charge in [0.25, 0.3) is 11.8 Å². The van der Waals surface area contributed by atoms with Crippen LogP contribution in [0.5, 0.6) is 0 Å². The van der Waals surface area contributed by atoms with Crippen molar-refractivity contribution in [2.75, 3.05) is 6.54 Å². The average Bonchev–Trinajstić information content (AvgIpc) is 2.96. The Hall–Kier alpha value is -3.12. The molecule has 6 nitrogen and oxygen atoms in total. The maximum absolute atomic E-state index is 12.0. The topological polar surface area (TPSA) is 75.5 Å². The summed E-state index contributed by atoms with van der Waals surface area (Å²) in [5.41, 5.74) is 4.77. The first-order chi connectivity index (χ1) is 12.5. The minimum absolute atomic E-state index is 0.182. The van der Waals surface area contributed by atoms with Gasteiger partial charge in [0.15, 0.2) is 0 Å². The number of carbonyl (C=O) groups is 2. The SMILES string of the molecule is Cn1cc(C=NNC(=O)CNC(=O)c2cccc(Cl)c2)c2ccccc21. The van der Waals surface area contributed by atoms with Crippen molar-refractivity contribution < 1.29 is 9.59 Å². The number of nitrogens with one attached hydrogen (secondary N) is 2. The molecule has 0 radical (unpaired) electrons. The molecule has 0 bridgehead atoms. The van der Waals surface area contributed by atoms with Crippen molar-refractivity contribution in [1.29, 1.82) is 0 Å². The molecular formula is C19H17ClN4O2. The van der Waals surface area contributed by atoms with Crippen LogP contribution in [0.25, 0.3) is 10.9 Å². The quantitative estimate of drug-likeness (QED) is 0.536. The van der Waals surface area contributed by atoms with Crippen LogP contribution in [0.4, 0.5) is 0 Å². The number of amides is 2. The normalized spacial score (nSPS) is 11.0. The second-order valence-corrected chi connectivity index (χ2v) is 6.14. The number of hydrazone groups is 1. The van der Waals surface area contributed by atoms with E-state index in [4.69, 9.17) is 11.6 Å². The first-order valence-electron chi connectivity index (χ1n) is 7.94. The standard InChI is InChI=1S/C19H17ClN4O2/c1-24-12-14(16-7-2-3-8-17(16)24)10-22-23-18(25)11-21-19(26)13-5-4-6-15(20)9-13/h2-10,12H,11H2,1H3,(H,21,26)(H,23,25). The molecule has 3 aromatic rings. The van der Waals surface area contributed by atoms with Crippen molar-refractivity contribution in [3.63, 3.8) is 0 Å². The van der Waals surface area contributed by atoms with E-state index in [9.17, 15) is 9.59 Å². The van der Waals surface area contributed by atoms with Crippen molar-refractivity contribution >= 4 is 40.5 Å². The molecule has 132 valence electrons. The number of aryl methyl sites for hydroxylation is 1. The number of carbonyl (C=O) groups excluding carboxylic acids is 2. The van der Waals surface area contributed by atoms with E-state index in [-0.39, 0.29) is 12.5 Å². The highest BCUT2D eigenvalue weighted by Gasteiger charge is 2.08. The summed E-state index contributed by atoms with van der Waals surface area (Å²) in [4.78, 5) is 23.8. The van der Waals surface area contributed by atoms with Gasteiger partial charge < -0.3 is 9.88 Å². The number of fused-ring (bicyclic) bond motifs is 1. The number of hydrogen-bond donors (Lipinski definition) is 2. The minimum atomic E-state index is -0.420. The Bertz CT molecular complexity index is 994. The van der Waals surface area contributed by atoms with Gasteiger partial charge >= 0.3 is 0 Å². The molecule has 7 heteroatoms. The van der Waals surface area contributed by atoms with E-state index in [0.717, 1.165) is 16.5 Å². The number of para-hydroxylation sites is 1. The van der Waals surface area contributed by atoms with E-state index in [1.807, 2.05) is 42.1 Å². The Labute approximate surface area is 155 Å². The predicted molar refractivity (Wildman–Crippen MR) is 102 cm³/mol. The van der Waals surface area contributed by atoms with Crippen LogP contribution in [0.1, 0.15) is 15.9 Å². The zero-order chi connectivity index (χ0) is 18.5. The van der Waals surface area contributed by atoms with Crippen molar-refractivity contribution in [3.8, 4) is 0 Å². The monoisotopic (exact) mass is 368 g/mol. The first kappa shape index (κ1) is 17.7. The van der Waals surface area contributed by atoms with E-state index >= 15 is 0 Å². The van der Waals surface area contributed by atoms with Crippen LogP contribution in [0.3, 0.4) is 0 Å². The Kier molecular flexibility index (Phi) is 5.34. The highest BCUT2D eigenvalue weighted by molar-refractivity contribution is 6.31. The Balaban J connectivity index is 1.55. The number of benzene rings is 2. The van der Waals surface area contributed by atoms with Gasteiger partial charge in [-0.1, -0.05) is 35.9 Å². The average molecular weight is 369 g/mol. The van der Waals surface area contributed by atoms with Crippen LogP contribution in [0, 0.1) is 0 Å². The van der Waals surface area contributed by atoms with Gasteiger partial charge in [0.05, 0.1) is 12.8 Å². The molecule has 2 amide bonds. The van der Waals surface area contributed by atoms with Crippen LogP contribution in [0.2, 0.25) is 5.02 Å². The molecule has 1 heterocycles. The third-order valence-electron chi connectivity index (χ3n) is 3.82. The van der Waals surface area contributed by atoms with Gasteiger partial charge in [0, 0.05) is 40.3 Å². The molecule has 0 saturated heterocycles. The highest BCUT2D eigenvalue weighted by atomic mass is 35.5. The Morgan fingerprint density at radius 2 is 2.00 bits per heavy atom. The van der Waals surface area contributed by atoms with Crippen LogP contribution in [-0.4, -0.2) is 29.1 Å². The molecule has 0 saturated carbocycles. The summed E-state index contributed by atoms with van der Waals surface area (Å²) in [6.07, 6.45) is 3.51. The zero-order valence-corrected chi connectivity index (χ0v) is 14.8. The van der Waals surface area contributed by atoms with Crippen molar-refractivity contribution in [3.05, 3.63) is 70.9 Å². The lowest BCUT2D eigenvalue weighted by molar-refractivity contribution is -0.120. The largest absolute Gasteiger partial charge is 0.350 e. The van der Waals surface area contributed by atoms with Crippen LogP contribution >= 0.6 is 11.6 Å². The Morgan fingerprint density at radius 3 is 2.81 bits per heavy atom. The Morgan fingerprint density at radius 1 is 1.19 bits per heavy atom. The summed E-state index contributed by atoms with van der Waals surface area (Å²) < 4.78 is 1.99. The first-order valence-corrected chi connectivity index (χ1v) is 8.32. The molecule has 1 aromatic heterocycles. The van der Waals surface area contributed by atoms with Crippen LogP contribution < -0.4 is 10.7 Å². The fourth-order valence-electron chi connectivity index (χ4n) is 2.58. The molecule has 0 spiro atoms. The fraction of sp³-hybridized carbons (Fsp3) is 0.105. The van der Waals surface area contributed by atoms with Crippen LogP contribution in [0.15, 0.2) is 59.8 Å². The summed E-state index contributed by atoms with van der Waals surface area (Å²) in [7, 11) is 1.95. The molecule has 26 heavy (non-hydrogen) atoms. The lowest BCUT2D eigenvalue weighted by Crippen LogP contribution is -2.34. The van der Waals surface area contributed by atoms with E-state index in [1.54, 1.807) is 24.4 Å². The summed E-state index contributed by atoms with van der Waals surface area (Å²) in [5, 5.41) is 7.98. The molecule has 0 aliphatic rings. The van der Waals surface area contributed by atoms with Crippen LogP contribution in [-0.2, 0) is 11.8 Å². The van der Waals surface area contributed by atoms with Crippen molar-refractivity contribution in [2.45, 2.75) is 0 Å². The summed E-state index contributed by atoms with van der Waals surface area (Å²) in [6.45, 7) is -0.182. The second-order valence-electron chi connectivity index (χ2n) is 5.70. The van der Waals surface area contributed by atoms with Crippen molar-refractivity contribution in [2.24, 2.45) is 12.1 Å². The predicted octanol–water partition coefficient (Wildman–Crippen LogP) is 2.71. The number of rotatable bonds is 5. The lowest BCUT2D eigenvalue weighted by atomic mass is 10.2. The van der Waals surface area contributed by atoms with Gasteiger partial charge in [-0.25, -0.2) is 5.43 Å². The molecule has 0 aliphatic carbocycles. The number of aromatic nitrogens is 1. The zero-order valence-electron chi connectivity index (χ0n) is 14.1. The van der Waals surface area contributed by atoms with E-state index < -0.39 is 5.91 Å². The number of hydrogen-bond acceptors (Lipinski definition) is 3. The summed E-state index contributed by atoms with van der Waals surface area (Å²) in [5.74, 6) is -0.794. The van der Waals surface area contributed by atoms with Gasteiger partial charge in [-0.15, -0.1) is 0 Å². The lowest BCUT2D eigenvalue weighted by Gasteiger charge is -2.04. The van der Waals surface area contributed by atoms with Gasteiger partial charge in [-0.05, 0) is 24.3 Å². The molecule has 2 aromatic carbocycles. The van der Waals surface area contributed by atoms with Crippen molar-refractivity contribution in [1.82, 2.24) is 15.3 Å². The van der Waals surface area contributed by atoms with Gasteiger partial charge in [-0.3, -0.25) is 9.59 Å². The molecular weight excluding hydrogens is 352 g/mol. The highest BCUT2D eigenvalue weighted by Crippen LogP contribution is 2.18. The van der Waals surface area contributed by atoms with Gasteiger partial charge in [-0.2, -0.15) is 5.10 Å².